The number of amides is 1. The molecule has 0 bridgehead atoms. The summed E-state index contributed by atoms with van der Waals surface area (Å²) in [5, 5.41) is 2.48. The number of hydrogen-bond acceptors (Lipinski definition) is 6. The molecule has 1 N–H and O–H groups in total. The van der Waals surface area contributed by atoms with Crippen molar-refractivity contribution < 1.29 is 28.5 Å². The monoisotopic (exact) mass is 415 g/mol. The topological polar surface area (TPSA) is 83.1 Å². The predicted molar refractivity (Wildman–Crippen MR) is 112 cm³/mol. The van der Waals surface area contributed by atoms with Crippen LogP contribution in [0, 0.1) is 0 Å². The van der Waals surface area contributed by atoms with E-state index in [0.717, 1.165) is 11.1 Å². The Morgan fingerprint density at radius 3 is 2.13 bits per heavy atom. The van der Waals surface area contributed by atoms with Gasteiger partial charge in [0.05, 0.1) is 26.4 Å². The highest BCUT2D eigenvalue weighted by molar-refractivity contribution is 5.81. The Bertz CT molecular complexity index is 753. The van der Waals surface area contributed by atoms with Gasteiger partial charge in [-0.3, -0.25) is 0 Å². The van der Waals surface area contributed by atoms with E-state index in [2.05, 4.69) is 5.32 Å². The van der Waals surface area contributed by atoms with E-state index in [1.54, 1.807) is 0 Å². The fraction of sp³-hybridized carbons (Fsp3) is 0.391. The third-order valence-electron chi connectivity index (χ3n) is 4.32. The molecule has 2 aromatic rings. The normalized spacial score (nSPS) is 12.6. The van der Waals surface area contributed by atoms with Gasteiger partial charge in [-0.15, -0.1) is 0 Å². The minimum Gasteiger partial charge on any atom is -0.467 e. The van der Waals surface area contributed by atoms with Crippen LogP contribution in [0.3, 0.4) is 0 Å². The zero-order valence-corrected chi connectivity index (χ0v) is 17.4. The van der Waals surface area contributed by atoms with Crippen molar-refractivity contribution in [1.82, 2.24) is 5.32 Å². The molecule has 0 saturated heterocycles. The van der Waals surface area contributed by atoms with E-state index in [1.807, 2.05) is 67.6 Å². The van der Waals surface area contributed by atoms with Crippen molar-refractivity contribution >= 4 is 12.1 Å². The number of esters is 1. The number of methoxy groups -OCH3 is 1. The summed E-state index contributed by atoms with van der Waals surface area (Å²) in [4.78, 5) is 23.9. The summed E-state index contributed by atoms with van der Waals surface area (Å²) in [6.45, 7) is 2.96. The van der Waals surface area contributed by atoms with Crippen molar-refractivity contribution in [2.45, 2.75) is 38.7 Å². The van der Waals surface area contributed by atoms with Crippen LogP contribution in [-0.2, 0) is 37.0 Å². The molecule has 2 rings (SSSR count). The number of alkyl carbamates (subject to hydrolysis) is 1. The molecule has 0 spiro atoms. The maximum absolute atomic E-state index is 12.0. The van der Waals surface area contributed by atoms with Crippen molar-refractivity contribution in [3.05, 3.63) is 71.8 Å². The molecule has 162 valence electrons. The minimum atomic E-state index is -0.946. The van der Waals surface area contributed by atoms with Crippen LogP contribution < -0.4 is 5.32 Å². The zero-order valence-electron chi connectivity index (χ0n) is 17.4. The van der Waals surface area contributed by atoms with Gasteiger partial charge >= 0.3 is 12.1 Å². The summed E-state index contributed by atoms with van der Waals surface area (Å²) in [5.74, 6) is -0.597. The molecule has 2 atom stereocenters. The Balaban J connectivity index is 1.67. The van der Waals surface area contributed by atoms with E-state index >= 15 is 0 Å². The van der Waals surface area contributed by atoms with E-state index in [4.69, 9.17) is 18.9 Å². The minimum absolute atomic E-state index is 0.00872. The standard InChI is InChI=1S/C23H29NO6/c1-18(29-15-19-9-5-3-6-10-19)13-14-28-17-21(22(25)27-2)24-23(26)30-16-20-11-7-4-8-12-20/h3-12,18,21H,13-17H2,1-2H3,(H,24,26)/t18-,21+/m1/s1. The van der Waals surface area contributed by atoms with E-state index in [1.165, 1.54) is 7.11 Å². The van der Waals surface area contributed by atoms with Crippen molar-refractivity contribution in [1.29, 1.82) is 0 Å². The molecular formula is C23H29NO6. The second kappa shape index (κ2) is 13.3. The average Bonchev–Trinajstić information content (AvgIpc) is 2.79. The van der Waals surface area contributed by atoms with Crippen LogP contribution in [0.4, 0.5) is 4.79 Å². The van der Waals surface area contributed by atoms with Gasteiger partial charge in [0, 0.05) is 6.61 Å². The summed E-state index contributed by atoms with van der Waals surface area (Å²) in [7, 11) is 1.26. The molecular weight excluding hydrogens is 386 g/mol. The quantitative estimate of drug-likeness (QED) is 0.422. The predicted octanol–water partition coefficient (Wildman–Crippen LogP) is 3.47. The van der Waals surface area contributed by atoms with Crippen molar-refractivity contribution in [2.24, 2.45) is 0 Å². The number of rotatable bonds is 12. The molecule has 0 radical (unpaired) electrons. The fourth-order valence-corrected chi connectivity index (χ4v) is 2.56. The van der Waals surface area contributed by atoms with Gasteiger partial charge in [0.2, 0.25) is 0 Å². The summed E-state index contributed by atoms with van der Waals surface area (Å²) in [6.07, 6.45) is -0.0675. The molecule has 7 nitrogen and oxygen atoms in total. The molecule has 2 aromatic carbocycles. The van der Waals surface area contributed by atoms with E-state index < -0.39 is 18.1 Å². The van der Waals surface area contributed by atoms with E-state index in [-0.39, 0.29) is 19.3 Å². The maximum atomic E-state index is 12.0. The molecule has 30 heavy (non-hydrogen) atoms. The van der Waals surface area contributed by atoms with Crippen molar-refractivity contribution in [2.75, 3.05) is 20.3 Å². The van der Waals surface area contributed by atoms with Crippen LogP contribution in [-0.4, -0.2) is 44.5 Å². The SMILES string of the molecule is COC(=O)[C@H](COCC[C@@H](C)OCc1ccccc1)NC(=O)OCc1ccccc1. The van der Waals surface area contributed by atoms with Gasteiger partial charge in [0.25, 0.3) is 0 Å². The fourth-order valence-electron chi connectivity index (χ4n) is 2.56. The van der Waals surface area contributed by atoms with Gasteiger partial charge in [0.1, 0.15) is 6.61 Å². The van der Waals surface area contributed by atoms with Crippen LogP contribution in [0.15, 0.2) is 60.7 Å². The third-order valence-corrected chi connectivity index (χ3v) is 4.32. The average molecular weight is 415 g/mol. The second-order valence-electron chi connectivity index (χ2n) is 6.75. The van der Waals surface area contributed by atoms with Crippen molar-refractivity contribution in [3.63, 3.8) is 0 Å². The zero-order chi connectivity index (χ0) is 21.6. The maximum Gasteiger partial charge on any atom is 0.408 e. The van der Waals surface area contributed by atoms with Gasteiger partial charge in [-0.1, -0.05) is 60.7 Å². The van der Waals surface area contributed by atoms with Gasteiger partial charge in [-0.2, -0.15) is 0 Å². The first-order chi connectivity index (χ1) is 14.6. The lowest BCUT2D eigenvalue weighted by Crippen LogP contribution is -2.45. The van der Waals surface area contributed by atoms with Gasteiger partial charge in [-0.25, -0.2) is 9.59 Å². The lowest BCUT2D eigenvalue weighted by Gasteiger charge is -2.18. The van der Waals surface area contributed by atoms with Crippen molar-refractivity contribution in [3.8, 4) is 0 Å². The molecule has 0 aromatic heterocycles. The highest BCUT2D eigenvalue weighted by atomic mass is 16.6. The molecule has 7 heteroatoms. The smallest absolute Gasteiger partial charge is 0.408 e. The largest absolute Gasteiger partial charge is 0.467 e. The van der Waals surface area contributed by atoms with Crippen LogP contribution in [0.25, 0.3) is 0 Å². The Morgan fingerprint density at radius 1 is 0.933 bits per heavy atom. The highest BCUT2D eigenvalue weighted by Gasteiger charge is 2.22. The Labute approximate surface area is 177 Å². The first-order valence-electron chi connectivity index (χ1n) is 9.86. The summed E-state index contributed by atoms with van der Waals surface area (Å²) in [5.41, 5.74) is 1.96. The van der Waals surface area contributed by atoms with Crippen LogP contribution >= 0.6 is 0 Å². The van der Waals surface area contributed by atoms with E-state index in [9.17, 15) is 9.59 Å². The summed E-state index contributed by atoms with van der Waals surface area (Å²) in [6, 6.07) is 18.2. The number of benzene rings is 2. The number of ether oxygens (including phenoxy) is 4. The van der Waals surface area contributed by atoms with E-state index in [0.29, 0.717) is 19.6 Å². The second-order valence-corrected chi connectivity index (χ2v) is 6.75. The molecule has 0 heterocycles. The lowest BCUT2D eigenvalue weighted by molar-refractivity contribution is -0.144. The third kappa shape index (κ3) is 9.07. The van der Waals surface area contributed by atoms with Crippen LogP contribution in [0.2, 0.25) is 0 Å². The molecule has 0 saturated carbocycles. The first kappa shape index (κ1) is 23.4. The molecule has 0 fully saturated rings. The molecule has 0 aliphatic heterocycles. The molecule has 0 aliphatic carbocycles. The van der Waals surface area contributed by atoms with Crippen LogP contribution in [0.1, 0.15) is 24.5 Å². The highest BCUT2D eigenvalue weighted by Crippen LogP contribution is 2.06. The van der Waals surface area contributed by atoms with Crippen LogP contribution in [0.5, 0.6) is 0 Å². The number of carbonyl (C=O) groups is 2. The van der Waals surface area contributed by atoms with Gasteiger partial charge < -0.3 is 24.3 Å². The number of carbonyl (C=O) groups excluding carboxylic acids is 2. The molecule has 0 unspecified atom stereocenters. The Kier molecular flexibility index (Phi) is 10.4. The summed E-state index contributed by atoms with van der Waals surface area (Å²) < 4.78 is 21.2. The first-order valence-corrected chi connectivity index (χ1v) is 9.86. The number of hydrogen-bond donors (Lipinski definition) is 1. The summed E-state index contributed by atoms with van der Waals surface area (Å²) >= 11 is 0. The Morgan fingerprint density at radius 2 is 1.53 bits per heavy atom. The van der Waals surface area contributed by atoms with Gasteiger partial charge in [-0.05, 0) is 24.5 Å². The molecule has 0 aliphatic rings. The molecule has 1 amide bonds. The number of nitrogens with one attached hydrogen (secondary N) is 1. The Hall–Kier alpha value is -2.90. The van der Waals surface area contributed by atoms with Gasteiger partial charge in [0.15, 0.2) is 6.04 Å². The lowest BCUT2D eigenvalue weighted by atomic mass is 10.2.